The molecule has 36 heavy (non-hydrogen) atoms. The van der Waals surface area contributed by atoms with E-state index in [1.165, 1.54) is 0 Å². The zero-order valence-electron chi connectivity index (χ0n) is 22.9. The number of likely N-dealkylation sites (tertiary alicyclic amines) is 1. The molecule has 0 bridgehead atoms. The molecule has 5 amide bonds. The third-order valence-corrected chi connectivity index (χ3v) is 7.78. The Morgan fingerprint density at radius 3 is 2.06 bits per heavy atom. The first kappa shape index (κ1) is 27.9. The van der Waals surface area contributed by atoms with Gasteiger partial charge in [-0.15, -0.1) is 0 Å². The summed E-state index contributed by atoms with van der Waals surface area (Å²) in [5, 5.41) is 8.40. The topological polar surface area (TPSA) is 151 Å². The molecule has 0 aromatic heterocycles. The van der Waals surface area contributed by atoms with Crippen LogP contribution < -0.4 is 21.7 Å². The van der Waals surface area contributed by atoms with Gasteiger partial charge in [-0.3, -0.25) is 19.2 Å². The van der Waals surface area contributed by atoms with Gasteiger partial charge in [-0.2, -0.15) is 0 Å². The Morgan fingerprint density at radius 2 is 1.58 bits per heavy atom. The third-order valence-electron chi connectivity index (χ3n) is 7.78. The second kappa shape index (κ2) is 9.34. The van der Waals surface area contributed by atoms with Crippen molar-refractivity contribution in [2.45, 2.75) is 98.3 Å². The van der Waals surface area contributed by atoms with Crippen molar-refractivity contribution in [2.75, 3.05) is 6.54 Å². The second-order valence-corrected chi connectivity index (χ2v) is 13.5. The summed E-state index contributed by atoms with van der Waals surface area (Å²) in [5.41, 5.74) is 4.01. The Bertz CT molecular complexity index is 943. The maximum Gasteiger partial charge on any atom is 0.315 e. The predicted octanol–water partition coefficient (Wildman–Crippen LogP) is 1.32. The fourth-order valence-electron chi connectivity index (χ4n) is 5.48. The van der Waals surface area contributed by atoms with E-state index in [1.54, 1.807) is 4.90 Å². The van der Waals surface area contributed by atoms with Crippen LogP contribution >= 0.6 is 0 Å². The summed E-state index contributed by atoms with van der Waals surface area (Å²) in [4.78, 5) is 65.7. The molecule has 202 valence electrons. The van der Waals surface area contributed by atoms with Crippen LogP contribution in [0.3, 0.4) is 0 Å². The Labute approximate surface area is 213 Å². The summed E-state index contributed by atoms with van der Waals surface area (Å²) in [5.74, 6) is -2.34. The lowest BCUT2D eigenvalue weighted by Gasteiger charge is -2.38. The highest BCUT2D eigenvalue weighted by molar-refractivity contribution is 6.37. The van der Waals surface area contributed by atoms with Crippen molar-refractivity contribution in [1.82, 2.24) is 20.9 Å². The van der Waals surface area contributed by atoms with Gasteiger partial charge in [0.05, 0.1) is 6.04 Å². The number of Topliss-reactive ketones (excluding diaryl/α,β-unsaturated/α-hetero) is 1. The van der Waals surface area contributed by atoms with Crippen LogP contribution in [-0.4, -0.2) is 64.6 Å². The number of carbonyl (C=O) groups is 5. The van der Waals surface area contributed by atoms with Crippen molar-refractivity contribution in [1.29, 1.82) is 0 Å². The lowest BCUT2D eigenvalue weighted by Crippen LogP contribution is -2.62. The molecule has 2 saturated carbocycles. The molecule has 5 atom stereocenters. The quantitative estimate of drug-likeness (QED) is 0.367. The third kappa shape index (κ3) is 6.00. The molecule has 5 N–H and O–H groups in total. The number of nitrogens with two attached hydrogens (primary N) is 1. The van der Waals surface area contributed by atoms with Gasteiger partial charge < -0.3 is 26.6 Å². The van der Waals surface area contributed by atoms with Gasteiger partial charge in [0.1, 0.15) is 12.1 Å². The number of ketones is 1. The molecule has 0 aromatic carbocycles. The van der Waals surface area contributed by atoms with Crippen LogP contribution in [0.25, 0.3) is 0 Å². The number of rotatable bonds is 8. The van der Waals surface area contributed by atoms with Gasteiger partial charge in [-0.05, 0) is 55.8 Å². The van der Waals surface area contributed by atoms with Crippen molar-refractivity contribution in [3.63, 3.8) is 0 Å². The minimum Gasteiger partial charge on any atom is -0.363 e. The summed E-state index contributed by atoms with van der Waals surface area (Å²) in [7, 11) is 0. The summed E-state index contributed by atoms with van der Waals surface area (Å²) < 4.78 is 0. The van der Waals surface area contributed by atoms with Crippen LogP contribution in [0, 0.1) is 28.6 Å². The smallest absolute Gasteiger partial charge is 0.315 e. The number of piperidine rings is 1. The molecule has 1 saturated heterocycles. The molecule has 1 heterocycles. The van der Waals surface area contributed by atoms with Gasteiger partial charge in [0, 0.05) is 12.1 Å². The van der Waals surface area contributed by atoms with Gasteiger partial charge in [0.15, 0.2) is 0 Å². The van der Waals surface area contributed by atoms with Crippen molar-refractivity contribution in [2.24, 2.45) is 34.3 Å². The molecule has 3 unspecified atom stereocenters. The Kier molecular flexibility index (Phi) is 7.24. The lowest BCUT2D eigenvalue weighted by molar-refractivity contribution is -0.145. The fourth-order valence-corrected chi connectivity index (χ4v) is 5.48. The first-order valence-corrected chi connectivity index (χ1v) is 12.9. The number of urea groups is 1. The SMILES string of the molecule is CC(C)(C)NC(=O)NC(C(=O)N1CC2[C@@H]([C@H]1C(=O)NC(CC1CC1)C(=O)C(N)=O)C2(C)C)C(C)(C)C. The highest BCUT2D eigenvalue weighted by atomic mass is 16.2. The van der Waals surface area contributed by atoms with Crippen molar-refractivity contribution >= 4 is 29.5 Å². The Hall–Kier alpha value is -2.65. The van der Waals surface area contributed by atoms with Crippen molar-refractivity contribution < 1.29 is 24.0 Å². The fraction of sp³-hybridized carbons (Fsp3) is 0.808. The molecule has 10 nitrogen and oxygen atoms in total. The van der Waals surface area contributed by atoms with Crippen LogP contribution in [0.5, 0.6) is 0 Å². The van der Waals surface area contributed by atoms with Gasteiger partial charge in [-0.1, -0.05) is 47.5 Å². The first-order valence-electron chi connectivity index (χ1n) is 12.9. The van der Waals surface area contributed by atoms with Crippen LogP contribution in [0.4, 0.5) is 4.79 Å². The zero-order chi connectivity index (χ0) is 27.4. The highest BCUT2D eigenvalue weighted by Gasteiger charge is 2.70. The van der Waals surface area contributed by atoms with Crippen molar-refractivity contribution in [3.05, 3.63) is 0 Å². The van der Waals surface area contributed by atoms with Crippen LogP contribution in [0.2, 0.25) is 0 Å². The average Bonchev–Trinajstić information content (AvgIpc) is 3.55. The second-order valence-electron chi connectivity index (χ2n) is 13.5. The van der Waals surface area contributed by atoms with Crippen molar-refractivity contribution in [3.8, 4) is 0 Å². The van der Waals surface area contributed by atoms with E-state index >= 15 is 0 Å². The Balaban J connectivity index is 1.83. The van der Waals surface area contributed by atoms with Crippen LogP contribution in [0.15, 0.2) is 0 Å². The van der Waals surface area contributed by atoms with Gasteiger partial charge in [0.25, 0.3) is 5.91 Å². The summed E-state index contributed by atoms with van der Waals surface area (Å²) >= 11 is 0. The van der Waals surface area contributed by atoms with E-state index in [9.17, 15) is 24.0 Å². The number of carbonyl (C=O) groups excluding carboxylic acids is 5. The number of nitrogens with one attached hydrogen (secondary N) is 3. The molecule has 0 radical (unpaired) electrons. The molecule has 0 aromatic rings. The first-order chi connectivity index (χ1) is 16.3. The highest BCUT2D eigenvalue weighted by Crippen LogP contribution is 2.65. The standard InChI is InChI=1S/C26H43N5O5/c1-24(2,3)19(29-23(36)30-25(4,5)6)22(35)31-12-14-16(26(14,7)8)17(31)21(34)28-15(11-13-9-10-13)18(32)20(27)33/h13-17,19H,9-12H2,1-8H3,(H2,27,33)(H,28,34)(H2,29,30,36)/t14?,15?,16-,17-,19?/m0/s1. The van der Waals surface area contributed by atoms with E-state index in [-0.39, 0.29) is 29.1 Å². The van der Waals surface area contributed by atoms with E-state index in [0.717, 1.165) is 12.8 Å². The maximum absolute atomic E-state index is 13.9. The largest absolute Gasteiger partial charge is 0.363 e. The summed E-state index contributed by atoms with van der Waals surface area (Å²) in [6.45, 7) is 15.7. The number of hydrogen-bond donors (Lipinski definition) is 4. The number of nitrogens with zero attached hydrogens (tertiary/aromatic N) is 1. The van der Waals surface area contributed by atoms with E-state index < -0.39 is 52.7 Å². The monoisotopic (exact) mass is 505 g/mol. The summed E-state index contributed by atoms with van der Waals surface area (Å²) in [6, 6.07) is -3.12. The van der Waals surface area contributed by atoms with E-state index in [2.05, 4.69) is 29.8 Å². The minimum absolute atomic E-state index is 0.0734. The summed E-state index contributed by atoms with van der Waals surface area (Å²) in [6.07, 6.45) is 2.25. The number of amides is 5. The molecule has 3 fully saturated rings. The number of hydrogen-bond acceptors (Lipinski definition) is 5. The molecular weight excluding hydrogens is 462 g/mol. The normalized spacial score (nSPS) is 26.3. The van der Waals surface area contributed by atoms with Gasteiger partial charge in [-0.25, -0.2) is 4.79 Å². The zero-order valence-corrected chi connectivity index (χ0v) is 22.9. The molecule has 2 aliphatic carbocycles. The Morgan fingerprint density at radius 1 is 1.00 bits per heavy atom. The molecule has 3 aliphatic rings. The number of fused-ring (bicyclic) bond motifs is 1. The van der Waals surface area contributed by atoms with Crippen LogP contribution in [0.1, 0.15) is 74.7 Å². The molecule has 3 rings (SSSR count). The number of primary amides is 1. The maximum atomic E-state index is 13.9. The van der Waals surface area contributed by atoms with E-state index in [4.69, 9.17) is 5.73 Å². The molecule has 1 aliphatic heterocycles. The minimum atomic E-state index is -1.08. The van der Waals surface area contributed by atoms with Gasteiger partial charge in [0.2, 0.25) is 17.6 Å². The molecular formula is C26H43N5O5. The molecule has 0 spiro atoms. The lowest BCUT2D eigenvalue weighted by atomic mass is 9.85. The predicted molar refractivity (Wildman–Crippen MR) is 134 cm³/mol. The van der Waals surface area contributed by atoms with E-state index in [0.29, 0.717) is 13.0 Å². The molecule has 10 heteroatoms. The van der Waals surface area contributed by atoms with E-state index in [1.807, 2.05) is 41.5 Å². The average molecular weight is 506 g/mol. The van der Waals surface area contributed by atoms with Crippen LogP contribution in [-0.2, 0) is 19.2 Å². The van der Waals surface area contributed by atoms with Gasteiger partial charge >= 0.3 is 6.03 Å².